The van der Waals surface area contributed by atoms with E-state index >= 15 is 4.39 Å². The molecule has 0 saturated heterocycles. The summed E-state index contributed by atoms with van der Waals surface area (Å²) in [6.45, 7) is 7.71. The van der Waals surface area contributed by atoms with E-state index in [0.29, 0.717) is 17.1 Å². The molecule has 21 aromatic rings. The van der Waals surface area contributed by atoms with Crippen molar-refractivity contribution in [3.63, 3.8) is 0 Å². The Hall–Kier alpha value is -14.3. The zero-order chi connectivity index (χ0) is 71.4. The first-order valence-electron chi connectivity index (χ1n) is 35.8. The summed E-state index contributed by atoms with van der Waals surface area (Å²) in [6.07, 6.45) is 0. The van der Waals surface area contributed by atoms with E-state index in [9.17, 15) is 8.78 Å². The van der Waals surface area contributed by atoms with Gasteiger partial charge in [-0.25, -0.2) is 18.0 Å². The fourth-order valence-electron chi connectivity index (χ4n) is 16.7. The molecule has 0 atom stereocenters. The molecule has 0 unspecified atom stereocenters. The molecular weight excluding hydrogens is 1320 g/mol. The van der Waals surface area contributed by atoms with Gasteiger partial charge >= 0.3 is 0 Å². The monoisotopic (exact) mass is 1380 g/mol. The third-order valence-electron chi connectivity index (χ3n) is 21.4. The van der Waals surface area contributed by atoms with Gasteiger partial charge in [0.25, 0.3) is 0 Å². The van der Waals surface area contributed by atoms with E-state index in [4.69, 9.17) is 6.57 Å². The van der Waals surface area contributed by atoms with E-state index in [2.05, 4.69) is 298 Å². The second kappa shape index (κ2) is 25.3. The van der Waals surface area contributed by atoms with Crippen molar-refractivity contribution >= 4 is 148 Å². The van der Waals surface area contributed by atoms with Crippen LogP contribution in [0.5, 0.6) is 0 Å². The summed E-state index contributed by atoms with van der Waals surface area (Å²) < 4.78 is 48.6. The highest BCUT2D eigenvalue weighted by atomic mass is 19.2. The lowest BCUT2D eigenvalue weighted by Crippen LogP contribution is -2.13. The molecule has 0 aliphatic carbocycles. The standard InChI is InChI=1S/C52H31F3N2.C47H29N3/c53-45-27-29-47(51(55)50(45)54)56(37-12-6-2-7-13-37)39-22-16-33(17-23-39)40-24-18-34-19-26-42-49-36(20-25-41(40)48(34)49)31-44-43-30-35(32-10-4-1-5-11-32)21-28-46(43)57(52(42)44)38-14-8-3-9-15-38;1-48-34-22-28-44-42(30-34)43-29-33-21-26-40-39(25-19-32-20-27-41(46(33)45(32)40)47(43)50(44)37-15-9-4-10-16-37)31-17-23-38(24-18-31)49(35-11-5-2-6-12-35)36-13-7-3-8-14-36/h1-31H;2-30H. The topological polar surface area (TPSA) is 20.7 Å². The van der Waals surface area contributed by atoms with Crippen LogP contribution >= 0.6 is 0 Å². The molecule has 0 bridgehead atoms. The van der Waals surface area contributed by atoms with Crippen molar-refractivity contribution in [1.29, 1.82) is 0 Å². The molecule has 19 aromatic carbocycles. The summed E-state index contributed by atoms with van der Waals surface area (Å²) in [5.74, 6) is -3.98. The number of rotatable bonds is 11. The number of fused-ring (bicyclic) bond motifs is 8. The lowest BCUT2D eigenvalue weighted by atomic mass is 9.88. The molecule has 0 amide bonds. The Morgan fingerprint density at radius 2 is 0.645 bits per heavy atom. The second-order valence-corrected chi connectivity index (χ2v) is 27.3. The Bertz CT molecular complexity index is 7020. The van der Waals surface area contributed by atoms with E-state index in [1.807, 2.05) is 72.8 Å². The molecule has 2 aromatic heterocycles. The number of halogens is 3. The summed E-state index contributed by atoms with van der Waals surface area (Å²) in [4.78, 5) is 7.67. The van der Waals surface area contributed by atoms with Crippen molar-refractivity contribution in [1.82, 2.24) is 9.13 Å². The number of para-hydroxylation sites is 5. The molecule has 0 N–H and O–H groups in total. The molecular formula is C99H60F3N5. The maximum absolute atomic E-state index is 15.3. The minimum absolute atomic E-state index is 0.0777. The highest BCUT2D eigenvalue weighted by Gasteiger charge is 2.26. The molecule has 0 radical (unpaired) electrons. The van der Waals surface area contributed by atoms with Crippen LogP contribution in [-0.4, -0.2) is 9.13 Å². The minimum Gasteiger partial charge on any atom is -0.311 e. The van der Waals surface area contributed by atoms with E-state index in [-0.39, 0.29) is 5.69 Å². The summed E-state index contributed by atoms with van der Waals surface area (Å²) >= 11 is 0. The SMILES string of the molecule is Fc1ccc(N(c2ccccc2)c2ccc(-c3ccc4ccc5c6c(ccc3c46)cc3c4cc(-c6ccccc6)ccc4n(-c4ccccc4)c35)cc2)c(F)c1F.[C-]#[N+]c1ccc2c(c1)c1cc3ccc4c(-c5ccc(N(c6ccccc6)c6ccccc6)cc5)ccc5ccc(c3c54)c1n2-c1ccccc1. The van der Waals surface area contributed by atoms with Crippen molar-refractivity contribution in [3.05, 3.63) is 393 Å². The number of hydrogen-bond acceptors (Lipinski definition) is 2. The van der Waals surface area contributed by atoms with Crippen molar-refractivity contribution in [2.45, 2.75) is 0 Å². The van der Waals surface area contributed by atoms with Crippen molar-refractivity contribution < 1.29 is 13.2 Å². The number of hydrogen-bond donors (Lipinski definition) is 0. The molecule has 107 heavy (non-hydrogen) atoms. The third kappa shape index (κ3) is 10.2. The third-order valence-corrected chi connectivity index (χ3v) is 21.4. The Morgan fingerprint density at radius 1 is 0.262 bits per heavy atom. The maximum atomic E-state index is 15.3. The van der Waals surface area contributed by atoms with E-state index in [1.165, 1.54) is 104 Å². The summed E-state index contributed by atoms with van der Waals surface area (Å²) in [7, 11) is 0. The zero-order valence-electron chi connectivity index (χ0n) is 57.5. The Balaban J connectivity index is 0.000000143. The first-order chi connectivity index (χ1) is 52.8. The van der Waals surface area contributed by atoms with Crippen LogP contribution in [0.3, 0.4) is 0 Å². The van der Waals surface area contributed by atoms with E-state index in [1.54, 1.807) is 4.90 Å². The van der Waals surface area contributed by atoms with Gasteiger partial charge in [0.15, 0.2) is 23.1 Å². The highest BCUT2D eigenvalue weighted by Crippen LogP contribution is 2.50. The lowest BCUT2D eigenvalue weighted by Gasteiger charge is -2.26. The van der Waals surface area contributed by atoms with Crippen LogP contribution in [0, 0.1) is 24.0 Å². The molecule has 2 heterocycles. The first kappa shape index (κ1) is 62.5. The van der Waals surface area contributed by atoms with Crippen LogP contribution in [-0.2, 0) is 0 Å². The minimum atomic E-state index is -1.50. The molecule has 0 spiro atoms. The van der Waals surface area contributed by atoms with Crippen LogP contribution in [0.15, 0.2) is 364 Å². The Kier molecular flexibility index (Phi) is 14.8. The highest BCUT2D eigenvalue weighted by molar-refractivity contribution is 6.35. The van der Waals surface area contributed by atoms with Crippen LogP contribution in [0.4, 0.5) is 53.0 Å². The number of nitrogens with zero attached hydrogens (tertiary/aromatic N) is 5. The quantitative estimate of drug-likeness (QED) is 0.0731. The molecule has 5 nitrogen and oxygen atoms in total. The van der Waals surface area contributed by atoms with E-state index in [0.717, 1.165) is 78.2 Å². The van der Waals surface area contributed by atoms with Crippen LogP contribution in [0.25, 0.3) is 158 Å². The number of benzene rings is 19. The van der Waals surface area contributed by atoms with Gasteiger partial charge in [0, 0.05) is 66.7 Å². The van der Waals surface area contributed by atoms with Gasteiger partial charge in [0.2, 0.25) is 0 Å². The summed E-state index contributed by atoms with van der Waals surface area (Å²) in [6, 6.07) is 125. The molecule has 0 fully saturated rings. The van der Waals surface area contributed by atoms with Crippen molar-refractivity contribution in [3.8, 4) is 44.8 Å². The molecule has 0 saturated carbocycles. The second-order valence-electron chi connectivity index (χ2n) is 27.3. The van der Waals surface area contributed by atoms with Crippen molar-refractivity contribution in [2.24, 2.45) is 0 Å². The van der Waals surface area contributed by atoms with Gasteiger partial charge in [0.05, 0.1) is 34.3 Å². The predicted molar refractivity (Wildman–Crippen MR) is 441 cm³/mol. The van der Waals surface area contributed by atoms with Gasteiger partial charge in [-0.05, 0) is 226 Å². The van der Waals surface area contributed by atoms with Gasteiger partial charge < -0.3 is 18.9 Å². The smallest absolute Gasteiger partial charge is 0.196 e. The molecule has 502 valence electrons. The van der Waals surface area contributed by atoms with Gasteiger partial charge in [-0.15, -0.1) is 0 Å². The Morgan fingerprint density at radius 3 is 1.13 bits per heavy atom. The summed E-state index contributed by atoms with van der Waals surface area (Å²) in [5.41, 5.74) is 18.8. The van der Waals surface area contributed by atoms with Crippen LogP contribution in [0.2, 0.25) is 0 Å². The van der Waals surface area contributed by atoms with Gasteiger partial charge in [0.1, 0.15) is 0 Å². The van der Waals surface area contributed by atoms with Crippen LogP contribution < -0.4 is 9.80 Å². The number of anilines is 6. The van der Waals surface area contributed by atoms with Crippen LogP contribution in [0.1, 0.15) is 0 Å². The molecule has 0 aliphatic rings. The zero-order valence-corrected chi connectivity index (χ0v) is 57.5. The van der Waals surface area contributed by atoms with Gasteiger partial charge in [-0.1, -0.05) is 231 Å². The first-order valence-corrected chi connectivity index (χ1v) is 35.8. The van der Waals surface area contributed by atoms with Gasteiger partial charge in [-0.2, -0.15) is 0 Å². The Labute approximate surface area is 614 Å². The van der Waals surface area contributed by atoms with Gasteiger partial charge in [-0.3, -0.25) is 0 Å². The largest absolute Gasteiger partial charge is 0.311 e. The molecule has 21 rings (SSSR count). The number of aromatic nitrogens is 2. The average Bonchev–Trinajstić information content (AvgIpc) is 1.62. The van der Waals surface area contributed by atoms with E-state index < -0.39 is 17.5 Å². The van der Waals surface area contributed by atoms with Crippen molar-refractivity contribution in [2.75, 3.05) is 9.80 Å². The fourth-order valence-corrected chi connectivity index (χ4v) is 16.7. The summed E-state index contributed by atoms with van der Waals surface area (Å²) in [5, 5.41) is 19.2. The lowest BCUT2D eigenvalue weighted by molar-refractivity contribution is 0.448. The predicted octanol–water partition coefficient (Wildman–Crippen LogP) is 28.3. The average molecular weight is 1380 g/mol. The normalized spacial score (nSPS) is 11.7. The fraction of sp³-hybridized carbons (Fsp3) is 0. The maximum Gasteiger partial charge on any atom is 0.196 e. The molecule has 0 aliphatic heterocycles. The molecule has 8 heteroatoms.